The summed E-state index contributed by atoms with van der Waals surface area (Å²) in [6, 6.07) is 0.736. The van der Waals surface area contributed by atoms with E-state index in [1.54, 1.807) is 0 Å². The number of hydrogen-bond acceptors (Lipinski definition) is 4. The summed E-state index contributed by atoms with van der Waals surface area (Å²) < 4.78 is 0. The maximum atomic E-state index is 4.69. The summed E-state index contributed by atoms with van der Waals surface area (Å²) in [6.07, 6.45) is 1.29. The van der Waals surface area contributed by atoms with Gasteiger partial charge in [-0.3, -0.25) is 14.7 Å². The van der Waals surface area contributed by atoms with Gasteiger partial charge < -0.3 is 0 Å². The number of nitrogens with zero attached hydrogens (tertiary/aromatic N) is 3. The first-order valence-corrected chi connectivity index (χ1v) is 7.09. The normalized spacial score (nSPS) is 29.6. The van der Waals surface area contributed by atoms with E-state index < -0.39 is 0 Å². The van der Waals surface area contributed by atoms with Crippen LogP contribution in [-0.4, -0.2) is 57.6 Å². The molecule has 0 aromatic rings. The van der Waals surface area contributed by atoms with Crippen molar-refractivity contribution in [2.45, 2.75) is 57.5 Å². The Morgan fingerprint density at radius 3 is 2.12 bits per heavy atom. The molecule has 0 amide bonds. The van der Waals surface area contributed by atoms with Crippen molar-refractivity contribution in [3.05, 3.63) is 0 Å². The zero-order valence-corrected chi connectivity index (χ0v) is 12.8. The molecule has 1 unspecified atom stereocenters. The molecule has 0 aromatic heterocycles. The minimum Gasteiger partial charge on any atom is -0.285 e. The molecule has 0 saturated carbocycles. The van der Waals surface area contributed by atoms with Crippen LogP contribution in [0.25, 0.3) is 0 Å². The molecule has 1 atom stereocenters. The van der Waals surface area contributed by atoms with E-state index in [0.717, 1.165) is 19.4 Å². The average Bonchev–Trinajstić information content (AvgIpc) is 2.57. The first kappa shape index (κ1) is 13.7. The maximum absolute atomic E-state index is 4.69. The predicted octanol–water partition coefficient (Wildman–Crippen LogP) is 2.06. The molecule has 0 spiro atoms. The number of fused-ring (bicyclic) bond motifs is 1. The monoisotopic (exact) mass is 257 g/mol. The van der Waals surface area contributed by atoms with E-state index >= 15 is 0 Å². The second-order valence-electron chi connectivity index (χ2n) is 6.97. The van der Waals surface area contributed by atoms with Gasteiger partial charge in [-0.2, -0.15) is 12.6 Å². The van der Waals surface area contributed by atoms with Gasteiger partial charge in [-0.05, 0) is 41.0 Å². The van der Waals surface area contributed by atoms with E-state index in [1.807, 2.05) is 0 Å². The van der Waals surface area contributed by atoms with Crippen molar-refractivity contribution in [1.82, 2.24) is 14.7 Å². The molecule has 2 rings (SSSR count). The van der Waals surface area contributed by atoms with E-state index in [2.05, 4.69) is 49.3 Å². The van der Waals surface area contributed by atoms with Crippen molar-refractivity contribution >= 4 is 12.6 Å². The van der Waals surface area contributed by atoms with Crippen molar-refractivity contribution in [2.75, 3.05) is 26.4 Å². The lowest BCUT2D eigenvalue weighted by Gasteiger charge is -2.44. The van der Waals surface area contributed by atoms with Crippen LogP contribution in [0.1, 0.15) is 41.0 Å². The average molecular weight is 257 g/mol. The zero-order chi connectivity index (χ0) is 12.8. The third-order valence-corrected chi connectivity index (χ3v) is 4.39. The molecule has 100 valence electrons. The summed E-state index contributed by atoms with van der Waals surface area (Å²) in [6.45, 7) is 15.9. The lowest BCUT2D eigenvalue weighted by atomic mass is 10.0. The van der Waals surface area contributed by atoms with Crippen molar-refractivity contribution in [3.8, 4) is 0 Å². The minimum absolute atomic E-state index is 0.00387. The molecule has 0 N–H and O–H groups in total. The Morgan fingerprint density at radius 2 is 1.59 bits per heavy atom. The summed E-state index contributed by atoms with van der Waals surface area (Å²) >= 11 is 4.69. The highest BCUT2D eigenvalue weighted by Gasteiger charge is 2.40. The van der Waals surface area contributed by atoms with Crippen LogP contribution in [0.15, 0.2) is 0 Å². The lowest BCUT2D eigenvalue weighted by molar-refractivity contribution is 0.00431. The summed E-state index contributed by atoms with van der Waals surface area (Å²) in [5, 5.41) is 0. The fourth-order valence-electron chi connectivity index (χ4n) is 2.74. The minimum atomic E-state index is 0.00387. The van der Waals surface area contributed by atoms with Gasteiger partial charge in [-0.1, -0.05) is 0 Å². The molecule has 2 aliphatic rings. The second kappa shape index (κ2) is 4.41. The Kier molecular flexibility index (Phi) is 3.54. The van der Waals surface area contributed by atoms with Gasteiger partial charge in [0.2, 0.25) is 0 Å². The van der Waals surface area contributed by atoms with Gasteiger partial charge >= 0.3 is 0 Å². The van der Waals surface area contributed by atoms with E-state index in [1.165, 1.54) is 19.5 Å². The molecule has 2 saturated heterocycles. The van der Waals surface area contributed by atoms with Crippen molar-refractivity contribution in [2.24, 2.45) is 0 Å². The fourth-order valence-corrected chi connectivity index (χ4v) is 2.88. The van der Waals surface area contributed by atoms with Crippen LogP contribution < -0.4 is 0 Å². The molecule has 3 nitrogen and oxygen atoms in total. The van der Waals surface area contributed by atoms with Crippen molar-refractivity contribution in [1.29, 1.82) is 0 Å². The topological polar surface area (TPSA) is 9.72 Å². The zero-order valence-electron chi connectivity index (χ0n) is 11.9. The summed E-state index contributed by atoms with van der Waals surface area (Å²) in [7, 11) is 0. The van der Waals surface area contributed by atoms with Crippen LogP contribution in [-0.2, 0) is 0 Å². The highest BCUT2D eigenvalue weighted by molar-refractivity contribution is 7.81. The van der Waals surface area contributed by atoms with E-state index in [4.69, 9.17) is 12.6 Å². The molecular formula is C13H27N3S. The number of thiol groups is 1. The quantitative estimate of drug-likeness (QED) is 0.721. The standard InChI is InChI=1S/C13H27N3S/c1-12(2,3)15-7-6-11-8-16(13(4,5)17)10-14(11)9-15/h11,17H,6-10H2,1-5H3. The Morgan fingerprint density at radius 1 is 1.00 bits per heavy atom. The molecule has 2 fully saturated rings. The Bertz CT molecular complexity index is 267. The largest absolute Gasteiger partial charge is 0.285 e. The SMILES string of the molecule is CC(C)(C)N1CCC2CN(C(C)(C)S)CN2C1. The lowest BCUT2D eigenvalue weighted by Crippen LogP contribution is -2.54. The molecule has 2 aliphatic heterocycles. The van der Waals surface area contributed by atoms with Crippen LogP contribution >= 0.6 is 12.6 Å². The molecule has 0 aliphatic carbocycles. The Balaban J connectivity index is 1.99. The van der Waals surface area contributed by atoms with E-state index in [-0.39, 0.29) is 10.4 Å². The van der Waals surface area contributed by atoms with Crippen molar-refractivity contribution < 1.29 is 0 Å². The van der Waals surface area contributed by atoms with Gasteiger partial charge in [0, 0.05) is 24.7 Å². The first-order chi connectivity index (χ1) is 7.68. The first-order valence-electron chi connectivity index (χ1n) is 6.64. The maximum Gasteiger partial charge on any atom is 0.0595 e. The third-order valence-electron chi connectivity index (χ3n) is 4.11. The van der Waals surface area contributed by atoms with Gasteiger partial charge in [-0.25, -0.2) is 0 Å². The second-order valence-corrected chi connectivity index (χ2v) is 8.06. The van der Waals surface area contributed by atoms with Crippen LogP contribution in [0, 0.1) is 0 Å². The number of hydrogen-bond donors (Lipinski definition) is 1. The smallest absolute Gasteiger partial charge is 0.0595 e. The summed E-state index contributed by atoms with van der Waals surface area (Å²) in [5.74, 6) is 0. The molecule has 0 radical (unpaired) electrons. The van der Waals surface area contributed by atoms with Gasteiger partial charge in [-0.15, -0.1) is 0 Å². The van der Waals surface area contributed by atoms with Crippen LogP contribution in [0.3, 0.4) is 0 Å². The third kappa shape index (κ3) is 2.98. The van der Waals surface area contributed by atoms with Gasteiger partial charge in [0.05, 0.1) is 18.2 Å². The Labute approximate surface area is 112 Å². The van der Waals surface area contributed by atoms with Gasteiger partial charge in [0.1, 0.15) is 0 Å². The van der Waals surface area contributed by atoms with Crippen LogP contribution in [0.4, 0.5) is 0 Å². The van der Waals surface area contributed by atoms with Gasteiger partial charge in [0.25, 0.3) is 0 Å². The highest BCUT2D eigenvalue weighted by Crippen LogP contribution is 2.30. The van der Waals surface area contributed by atoms with Gasteiger partial charge in [0.15, 0.2) is 0 Å². The number of rotatable bonds is 1. The van der Waals surface area contributed by atoms with E-state index in [0.29, 0.717) is 0 Å². The molecular weight excluding hydrogens is 230 g/mol. The fraction of sp³-hybridized carbons (Fsp3) is 1.00. The van der Waals surface area contributed by atoms with Crippen molar-refractivity contribution in [3.63, 3.8) is 0 Å². The summed E-state index contributed by atoms with van der Waals surface area (Å²) in [5.41, 5.74) is 0.287. The highest BCUT2D eigenvalue weighted by atomic mass is 32.1. The van der Waals surface area contributed by atoms with Crippen LogP contribution in [0.5, 0.6) is 0 Å². The van der Waals surface area contributed by atoms with Crippen LogP contribution in [0.2, 0.25) is 0 Å². The molecule has 17 heavy (non-hydrogen) atoms. The Hall–Kier alpha value is 0.230. The molecule has 2 heterocycles. The predicted molar refractivity (Wildman–Crippen MR) is 76.2 cm³/mol. The molecule has 0 bridgehead atoms. The van der Waals surface area contributed by atoms with E-state index in [9.17, 15) is 0 Å². The molecule has 4 heteroatoms. The molecule has 0 aromatic carbocycles. The summed E-state index contributed by atoms with van der Waals surface area (Å²) in [4.78, 5) is 7.67.